The molecule has 0 N–H and O–H groups in total. The molecule has 4 nitrogen and oxygen atoms in total. The lowest BCUT2D eigenvalue weighted by atomic mass is 10.6. The molecule has 62 valence electrons. The van der Waals surface area contributed by atoms with Crippen LogP contribution in [0.4, 0.5) is 0 Å². The van der Waals surface area contributed by atoms with Crippen LogP contribution in [0.1, 0.15) is 5.89 Å². The summed E-state index contributed by atoms with van der Waals surface area (Å²) in [4.78, 5) is 11.5. The molecule has 6 heteroatoms. The zero-order valence-corrected chi connectivity index (χ0v) is 7.52. The molecule has 2 rings (SSSR count). The Hall–Kier alpha value is -0.870. The first-order chi connectivity index (χ1) is 5.66. The third-order valence-corrected chi connectivity index (χ3v) is 1.73. The summed E-state index contributed by atoms with van der Waals surface area (Å²) in [6.45, 7) is 1.70. The minimum absolute atomic E-state index is 0.0589. The monoisotopic (exact) mass is 203 g/mol. The van der Waals surface area contributed by atoms with Crippen molar-refractivity contribution in [2.75, 3.05) is 0 Å². The van der Waals surface area contributed by atoms with Gasteiger partial charge in [-0.15, -0.1) is 0 Å². The van der Waals surface area contributed by atoms with Gasteiger partial charge < -0.3 is 4.42 Å². The van der Waals surface area contributed by atoms with E-state index >= 15 is 0 Å². The van der Waals surface area contributed by atoms with Gasteiger partial charge in [-0.25, -0.2) is 9.97 Å². The molecule has 0 saturated carbocycles. The minimum Gasteiger partial charge on any atom is -0.422 e. The normalized spacial score (nSPS) is 10.9. The van der Waals surface area contributed by atoms with Crippen LogP contribution < -0.4 is 0 Å². The minimum atomic E-state index is 0.0589. The van der Waals surface area contributed by atoms with E-state index < -0.39 is 0 Å². The molecule has 0 aliphatic carbocycles. The summed E-state index contributed by atoms with van der Waals surface area (Å²) >= 11 is 11.3. The lowest BCUT2D eigenvalue weighted by molar-refractivity contribution is 0.551. The Labute approximate surface area is 77.5 Å². The molecular formula is C6H3Cl2N3O. The smallest absolute Gasteiger partial charge is 0.252 e. The van der Waals surface area contributed by atoms with Crippen molar-refractivity contribution in [3.05, 3.63) is 16.3 Å². The predicted octanol–water partition coefficient (Wildman–Crippen LogP) is 2.23. The SMILES string of the molecule is Cc1nc2c(Cl)nc(Cl)nc2o1. The van der Waals surface area contributed by atoms with Crippen LogP contribution in [0.5, 0.6) is 0 Å². The summed E-state index contributed by atoms with van der Waals surface area (Å²) in [5.41, 5.74) is 0.760. The van der Waals surface area contributed by atoms with Crippen molar-refractivity contribution in [1.29, 1.82) is 0 Å². The third-order valence-electron chi connectivity index (χ3n) is 1.30. The van der Waals surface area contributed by atoms with Gasteiger partial charge in [0, 0.05) is 6.92 Å². The number of fused-ring (bicyclic) bond motifs is 1. The predicted molar refractivity (Wildman–Crippen MR) is 44.4 cm³/mol. The second-order valence-corrected chi connectivity index (χ2v) is 2.87. The van der Waals surface area contributed by atoms with Crippen molar-refractivity contribution < 1.29 is 4.42 Å². The first kappa shape index (κ1) is 7.76. The highest BCUT2D eigenvalue weighted by Crippen LogP contribution is 2.21. The van der Waals surface area contributed by atoms with Crippen LogP contribution in [-0.2, 0) is 0 Å². The molecule has 0 amide bonds. The Bertz CT molecular complexity index is 440. The fourth-order valence-corrected chi connectivity index (χ4v) is 1.28. The molecule has 0 radical (unpaired) electrons. The van der Waals surface area contributed by atoms with Gasteiger partial charge in [-0.3, -0.25) is 0 Å². The number of halogens is 2. The van der Waals surface area contributed by atoms with Crippen LogP contribution in [0.2, 0.25) is 10.4 Å². The molecule has 0 unspecified atom stereocenters. The topological polar surface area (TPSA) is 51.8 Å². The van der Waals surface area contributed by atoms with Crippen molar-refractivity contribution in [2.24, 2.45) is 0 Å². The van der Waals surface area contributed by atoms with E-state index in [0.717, 1.165) is 0 Å². The molecule has 12 heavy (non-hydrogen) atoms. The van der Waals surface area contributed by atoms with E-state index in [2.05, 4.69) is 15.0 Å². The molecule has 0 saturated heterocycles. The highest BCUT2D eigenvalue weighted by Gasteiger charge is 2.10. The van der Waals surface area contributed by atoms with Crippen LogP contribution in [0.25, 0.3) is 11.2 Å². The van der Waals surface area contributed by atoms with Crippen molar-refractivity contribution >= 4 is 34.4 Å². The summed E-state index contributed by atoms with van der Waals surface area (Å²) < 4.78 is 5.10. The molecule has 2 aromatic rings. The Morgan fingerprint density at radius 1 is 1.17 bits per heavy atom. The first-order valence-electron chi connectivity index (χ1n) is 3.13. The lowest BCUT2D eigenvalue weighted by Gasteiger charge is -1.89. The van der Waals surface area contributed by atoms with E-state index in [0.29, 0.717) is 17.1 Å². The maximum atomic E-state index is 5.72. The van der Waals surface area contributed by atoms with E-state index in [1.807, 2.05) is 0 Å². The largest absolute Gasteiger partial charge is 0.422 e. The van der Waals surface area contributed by atoms with Crippen LogP contribution >= 0.6 is 23.2 Å². The molecule has 0 bridgehead atoms. The average Bonchev–Trinajstić information content (AvgIpc) is 2.29. The van der Waals surface area contributed by atoms with E-state index in [1.165, 1.54) is 0 Å². The van der Waals surface area contributed by atoms with Gasteiger partial charge in [0.25, 0.3) is 5.71 Å². The van der Waals surface area contributed by atoms with Crippen molar-refractivity contribution in [3.63, 3.8) is 0 Å². The van der Waals surface area contributed by atoms with E-state index in [1.54, 1.807) is 6.92 Å². The summed E-state index contributed by atoms with van der Waals surface area (Å²) in [5, 5.41) is 0.269. The molecule has 0 aromatic carbocycles. The van der Waals surface area contributed by atoms with Gasteiger partial charge in [0.05, 0.1) is 0 Å². The molecule has 0 aliphatic rings. The van der Waals surface area contributed by atoms with Crippen molar-refractivity contribution in [2.45, 2.75) is 6.92 Å². The number of rotatable bonds is 0. The lowest BCUT2D eigenvalue weighted by Crippen LogP contribution is -1.83. The van der Waals surface area contributed by atoms with Crippen LogP contribution in [-0.4, -0.2) is 15.0 Å². The Morgan fingerprint density at radius 3 is 2.67 bits per heavy atom. The van der Waals surface area contributed by atoms with Crippen molar-refractivity contribution in [3.8, 4) is 0 Å². The third kappa shape index (κ3) is 1.13. The number of aryl methyl sites for hydroxylation is 1. The maximum Gasteiger partial charge on any atom is 0.252 e. The van der Waals surface area contributed by atoms with Gasteiger partial charge in [-0.1, -0.05) is 11.6 Å². The van der Waals surface area contributed by atoms with Gasteiger partial charge in [0.2, 0.25) is 5.28 Å². The zero-order chi connectivity index (χ0) is 8.72. The van der Waals surface area contributed by atoms with Crippen LogP contribution in [0.3, 0.4) is 0 Å². The summed E-state index contributed by atoms with van der Waals surface area (Å²) in [7, 11) is 0. The summed E-state index contributed by atoms with van der Waals surface area (Å²) in [5.74, 6) is 0.489. The van der Waals surface area contributed by atoms with Crippen LogP contribution in [0.15, 0.2) is 4.42 Å². The molecule has 0 spiro atoms. The number of aromatic nitrogens is 3. The second kappa shape index (κ2) is 2.57. The fraction of sp³-hybridized carbons (Fsp3) is 0.167. The molecule has 0 aliphatic heterocycles. The number of oxazole rings is 1. The molecule has 2 aromatic heterocycles. The van der Waals surface area contributed by atoms with Crippen LogP contribution in [0, 0.1) is 6.92 Å². The van der Waals surface area contributed by atoms with Gasteiger partial charge in [-0.05, 0) is 11.6 Å². The Balaban J connectivity index is 2.88. The summed E-state index contributed by atoms with van der Waals surface area (Å²) in [6, 6.07) is 0. The highest BCUT2D eigenvalue weighted by atomic mass is 35.5. The van der Waals surface area contributed by atoms with Gasteiger partial charge >= 0.3 is 0 Å². The Morgan fingerprint density at radius 2 is 1.92 bits per heavy atom. The Kier molecular flexibility index (Phi) is 1.66. The number of hydrogen-bond acceptors (Lipinski definition) is 4. The van der Waals surface area contributed by atoms with Gasteiger partial charge in [-0.2, -0.15) is 4.98 Å². The molecule has 0 fully saturated rings. The molecular weight excluding hydrogens is 201 g/mol. The quantitative estimate of drug-likeness (QED) is 0.487. The fourth-order valence-electron chi connectivity index (χ4n) is 0.869. The molecule has 2 heterocycles. The first-order valence-corrected chi connectivity index (χ1v) is 3.88. The second-order valence-electron chi connectivity index (χ2n) is 2.17. The standard InChI is InChI=1S/C6H3Cl2N3O/c1-2-9-3-4(7)10-6(8)11-5(3)12-2/h1H3. The van der Waals surface area contributed by atoms with Gasteiger partial charge in [0.15, 0.2) is 16.6 Å². The number of nitrogens with zero attached hydrogens (tertiary/aromatic N) is 3. The van der Waals surface area contributed by atoms with E-state index in [-0.39, 0.29) is 10.4 Å². The average molecular weight is 204 g/mol. The van der Waals surface area contributed by atoms with E-state index in [9.17, 15) is 0 Å². The zero-order valence-electron chi connectivity index (χ0n) is 6.01. The highest BCUT2D eigenvalue weighted by molar-refractivity contribution is 6.35. The molecule has 0 atom stereocenters. The number of hydrogen-bond donors (Lipinski definition) is 0. The summed E-state index contributed by atoms with van der Waals surface area (Å²) in [6.07, 6.45) is 0. The van der Waals surface area contributed by atoms with Crippen molar-refractivity contribution in [1.82, 2.24) is 15.0 Å². The maximum absolute atomic E-state index is 5.72. The van der Waals surface area contributed by atoms with E-state index in [4.69, 9.17) is 27.6 Å². The van der Waals surface area contributed by atoms with Gasteiger partial charge in [0.1, 0.15) is 0 Å².